The van der Waals surface area contributed by atoms with Gasteiger partial charge >= 0.3 is 0 Å². The normalized spacial score (nSPS) is 10.4. The lowest BCUT2D eigenvalue weighted by atomic mass is 10.2. The highest BCUT2D eigenvalue weighted by atomic mass is 32.1. The van der Waals surface area contributed by atoms with Crippen molar-refractivity contribution in [2.24, 2.45) is 0 Å². The molecule has 0 bridgehead atoms. The third-order valence-corrected chi connectivity index (χ3v) is 3.80. The minimum absolute atomic E-state index is 0.241. The van der Waals surface area contributed by atoms with Gasteiger partial charge in [0, 0.05) is 11.4 Å². The largest absolute Gasteiger partial charge is 0.508 e. The van der Waals surface area contributed by atoms with Crippen molar-refractivity contribution >= 4 is 27.7 Å². The summed E-state index contributed by atoms with van der Waals surface area (Å²) in [6, 6.07) is 18.1. The summed E-state index contributed by atoms with van der Waals surface area (Å²) in [7, 11) is 0. The Morgan fingerprint density at radius 3 is 1.60 bits per heavy atom. The summed E-state index contributed by atoms with van der Waals surface area (Å²) in [5, 5.41) is 21.9. The molecule has 0 atom stereocenters. The standard InChI is InChI=1S/C16H13NO2S/c18-14-7-3-12(4-8-14)17(16-2-1-11-20-16)13-5-9-15(19)10-6-13/h1-11,18-19H. The SMILES string of the molecule is Oc1ccc(N(c2ccc(O)cc2)c2cccs2)cc1. The number of anilines is 3. The van der Waals surface area contributed by atoms with Crippen LogP contribution >= 0.6 is 11.3 Å². The van der Waals surface area contributed by atoms with Crippen LogP contribution in [0.4, 0.5) is 16.4 Å². The van der Waals surface area contributed by atoms with Crippen LogP contribution in [0, 0.1) is 0 Å². The molecule has 1 heterocycles. The first-order chi connectivity index (χ1) is 9.74. The molecule has 0 unspecified atom stereocenters. The number of phenolic OH excluding ortho intramolecular Hbond substituents is 2. The molecule has 2 aromatic carbocycles. The molecular formula is C16H13NO2S. The number of phenols is 2. The number of hydrogen-bond acceptors (Lipinski definition) is 4. The summed E-state index contributed by atoms with van der Waals surface area (Å²) >= 11 is 1.63. The second-order valence-corrected chi connectivity index (χ2v) is 5.25. The van der Waals surface area contributed by atoms with Gasteiger partial charge in [-0.25, -0.2) is 0 Å². The Kier molecular flexibility index (Phi) is 3.31. The molecule has 0 radical (unpaired) electrons. The summed E-state index contributed by atoms with van der Waals surface area (Å²) in [5.41, 5.74) is 1.91. The van der Waals surface area contributed by atoms with Crippen LogP contribution in [0.2, 0.25) is 0 Å². The van der Waals surface area contributed by atoms with Gasteiger partial charge in [-0.15, -0.1) is 11.3 Å². The Balaban J connectivity index is 2.09. The summed E-state index contributed by atoms with van der Waals surface area (Å²) in [4.78, 5) is 2.07. The highest BCUT2D eigenvalue weighted by Gasteiger charge is 2.12. The van der Waals surface area contributed by atoms with Crippen molar-refractivity contribution in [1.82, 2.24) is 0 Å². The minimum Gasteiger partial charge on any atom is -0.508 e. The van der Waals surface area contributed by atoms with E-state index in [0.29, 0.717) is 0 Å². The molecule has 0 fully saturated rings. The number of aromatic hydroxyl groups is 2. The van der Waals surface area contributed by atoms with E-state index in [1.165, 1.54) is 0 Å². The van der Waals surface area contributed by atoms with Gasteiger partial charge in [0.05, 0.1) is 5.00 Å². The molecule has 3 aromatic rings. The van der Waals surface area contributed by atoms with E-state index in [2.05, 4.69) is 4.90 Å². The Hall–Kier alpha value is -2.46. The van der Waals surface area contributed by atoms with Gasteiger partial charge in [0.2, 0.25) is 0 Å². The number of thiophene rings is 1. The van der Waals surface area contributed by atoms with Crippen LogP contribution in [0.5, 0.6) is 11.5 Å². The highest BCUT2D eigenvalue weighted by Crippen LogP contribution is 2.38. The van der Waals surface area contributed by atoms with Crippen LogP contribution in [0.25, 0.3) is 0 Å². The first kappa shape index (κ1) is 12.6. The van der Waals surface area contributed by atoms with Crippen LogP contribution < -0.4 is 4.90 Å². The quantitative estimate of drug-likeness (QED) is 0.736. The molecule has 0 saturated heterocycles. The molecule has 0 aliphatic carbocycles. The van der Waals surface area contributed by atoms with Crippen LogP contribution in [-0.2, 0) is 0 Å². The Labute approximate surface area is 121 Å². The number of hydrogen-bond donors (Lipinski definition) is 2. The second kappa shape index (κ2) is 5.27. The molecule has 0 spiro atoms. The molecule has 0 amide bonds. The average Bonchev–Trinajstić information content (AvgIpc) is 2.97. The average molecular weight is 283 g/mol. The van der Waals surface area contributed by atoms with Crippen molar-refractivity contribution in [2.75, 3.05) is 4.90 Å². The summed E-state index contributed by atoms with van der Waals surface area (Å²) < 4.78 is 0. The van der Waals surface area contributed by atoms with E-state index < -0.39 is 0 Å². The van der Waals surface area contributed by atoms with E-state index in [1.54, 1.807) is 35.6 Å². The monoisotopic (exact) mass is 283 g/mol. The fourth-order valence-corrected chi connectivity index (χ4v) is 2.77. The zero-order chi connectivity index (χ0) is 13.9. The summed E-state index contributed by atoms with van der Waals surface area (Å²) in [5.74, 6) is 0.483. The lowest BCUT2D eigenvalue weighted by molar-refractivity contribution is 0.475. The fraction of sp³-hybridized carbons (Fsp3) is 0. The molecule has 4 heteroatoms. The van der Waals surface area contributed by atoms with Crippen molar-refractivity contribution in [3.05, 3.63) is 66.0 Å². The topological polar surface area (TPSA) is 43.7 Å². The predicted molar refractivity (Wildman–Crippen MR) is 82.3 cm³/mol. The fourth-order valence-electron chi connectivity index (χ4n) is 2.00. The van der Waals surface area contributed by atoms with Crippen LogP contribution in [-0.4, -0.2) is 10.2 Å². The van der Waals surface area contributed by atoms with E-state index in [4.69, 9.17) is 0 Å². The maximum Gasteiger partial charge on any atom is 0.115 e. The van der Waals surface area contributed by atoms with Crippen molar-refractivity contribution in [3.8, 4) is 11.5 Å². The van der Waals surface area contributed by atoms with E-state index in [-0.39, 0.29) is 11.5 Å². The molecule has 0 aliphatic heterocycles. The lowest BCUT2D eigenvalue weighted by Gasteiger charge is -2.23. The predicted octanol–water partition coefficient (Wildman–Crippen LogP) is 4.63. The zero-order valence-electron chi connectivity index (χ0n) is 10.6. The Bertz CT molecular complexity index is 630. The molecule has 3 nitrogen and oxygen atoms in total. The molecule has 0 aliphatic rings. The first-order valence-electron chi connectivity index (χ1n) is 6.16. The van der Waals surface area contributed by atoms with Gasteiger partial charge in [-0.1, -0.05) is 0 Å². The first-order valence-corrected chi connectivity index (χ1v) is 7.04. The summed E-state index contributed by atoms with van der Waals surface area (Å²) in [6.07, 6.45) is 0. The van der Waals surface area contributed by atoms with Crippen LogP contribution in [0.1, 0.15) is 0 Å². The molecule has 1 aromatic heterocycles. The Morgan fingerprint density at radius 2 is 1.20 bits per heavy atom. The second-order valence-electron chi connectivity index (χ2n) is 4.32. The van der Waals surface area contributed by atoms with E-state index in [1.807, 2.05) is 41.8 Å². The maximum atomic E-state index is 9.43. The summed E-state index contributed by atoms with van der Waals surface area (Å²) in [6.45, 7) is 0. The van der Waals surface area contributed by atoms with Crippen LogP contribution in [0.3, 0.4) is 0 Å². The van der Waals surface area contributed by atoms with Crippen molar-refractivity contribution in [1.29, 1.82) is 0 Å². The molecule has 3 rings (SSSR count). The van der Waals surface area contributed by atoms with Crippen molar-refractivity contribution < 1.29 is 10.2 Å². The number of nitrogens with zero attached hydrogens (tertiary/aromatic N) is 1. The van der Waals surface area contributed by atoms with E-state index in [9.17, 15) is 10.2 Å². The zero-order valence-corrected chi connectivity index (χ0v) is 11.4. The molecular weight excluding hydrogens is 270 g/mol. The van der Waals surface area contributed by atoms with Crippen molar-refractivity contribution in [2.45, 2.75) is 0 Å². The lowest BCUT2D eigenvalue weighted by Crippen LogP contribution is -2.07. The van der Waals surface area contributed by atoms with Gasteiger partial charge in [-0.3, -0.25) is 0 Å². The molecule has 20 heavy (non-hydrogen) atoms. The highest BCUT2D eigenvalue weighted by molar-refractivity contribution is 7.14. The van der Waals surface area contributed by atoms with Crippen molar-refractivity contribution in [3.63, 3.8) is 0 Å². The van der Waals surface area contributed by atoms with E-state index >= 15 is 0 Å². The van der Waals surface area contributed by atoms with Gasteiger partial charge in [0.25, 0.3) is 0 Å². The minimum atomic E-state index is 0.241. The van der Waals surface area contributed by atoms with Crippen LogP contribution in [0.15, 0.2) is 66.0 Å². The van der Waals surface area contributed by atoms with Gasteiger partial charge in [0.15, 0.2) is 0 Å². The third-order valence-electron chi connectivity index (χ3n) is 2.94. The van der Waals surface area contributed by atoms with Gasteiger partial charge in [0.1, 0.15) is 11.5 Å². The van der Waals surface area contributed by atoms with E-state index in [0.717, 1.165) is 16.4 Å². The van der Waals surface area contributed by atoms with Gasteiger partial charge in [-0.2, -0.15) is 0 Å². The Morgan fingerprint density at radius 1 is 0.700 bits per heavy atom. The maximum absolute atomic E-state index is 9.43. The third kappa shape index (κ3) is 2.46. The smallest absolute Gasteiger partial charge is 0.115 e. The molecule has 2 N–H and O–H groups in total. The number of benzene rings is 2. The number of rotatable bonds is 3. The van der Waals surface area contributed by atoms with Gasteiger partial charge in [-0.05, 0) is 66.0 Å². The molecule has 100 valence electrons. The van der Waals surface area contributed by atoms with Gasteiger partial charge < -0.3 is 15.1 Å². The molecule has 0 saturated carbocycles.